The van der Waals surface area contributed by atoms with Gasteiger partial charge in [0.15, 0.2) is 6.54 Å². The topological polar surface area (TPSA) is 35.7 Å². The van der Waals surface area contributed by atoms with E-state index in [1.807, 2.05) is 31.2 Å². The molecule has 2 aromatic carbocycles. The number of ether oxygens (including phenoxy) is 1. The molecule has 1 N–H and O–H groups in total. The van der Waals surface area contributed by atoms with Gasteiger partial charge < -0.3 is 26.8 Å². The zero-order chi connectivity index (χ0) is 18.1. The lowest BCUT2D eigenvalue weighted by molar-refractivity contribution is -0.661. The molecule has 0 aromatic heterocycles. The molecule has 4 nitrogen and oxygen atoms in total. The van der Waals surface area contributed by atoms with Gasteiger partial charge in [0, 0.05) is 12.0 Å². The van der Waals surface area contributed by atoms with Crippen molar-refractivity contribution < 1.29 is 31.4 Å². The van der Waals surface area contributed by atoms with Crippen molar-refractivity contribution in [3.8, 4) is 5.75 Å². The summed E-state index contributed by atoms with van der Waals surface area (Å²) in [6.45, 7) is 6.21. The SMILES string of the molecule is CCOc1ccc(C2(O)CN(c3ccccc3C)C3=[N+]2CCCC3)cc1.[Br-]. The highest BCUT2D eigenvalue weighted by atomic mass is 79.9. The molecule has 0 spiro atoms. The van der Waals surface area contributed by atoms with Crippen LogP contribution in [0, 0.1) is 6.92 Å². The third kappa shape index (κ3) is 3.50. The Bertz CT molecular complexity index is 834. The molecule has 1 unspecified atom stereocenters. The Kier molecular flexibility index (Phi) is 5.92. The molecule has 2 heterocycles. The van der Waals surface area contributed by atoms with Gasteiger partial charge in [-0.3, -0.25) is 0 Å². The molecule has 0 fully saturated rings. The fourth-order valence-electron chi connectivity index (χ4n) is 4.22. The Morgan fingerprint density at radius 3 is 2.56 bits per heavy atom. The maximum absolute atomic E-state index is 11.7. The van der Waals surface area contributed by atoms with Crippen molar-refractivity contribution >= 4 is 11.5 Å². The summed E-state index contributed by atoms with van der Waals surface area (Å²) in [6.07, 6.45) is 3.30. The van der Waals surface area contributed by atoms with Crippen LogP contribution in [0.4, 0.5) is 5.69 Å². The van der Waals surface area contributed by atoms with E-state index < -0.39 is 5.72 Å². The predicted molar refractivity (Wildman–Crippen MR) is 104 cm³/mol. The molecule has 0 bridgehead atoms. The van der Waals surface area contributed by atoms with Gasteiger partial charge in [-0.05, 0) is 62.6 Å². The minimum atomic E-state index is -0.997. The van der Waals surface area contributed by atoms with Gasteiger partial charge in [-0.2, -0.15) is 0 Å². The summed E-state index contributed by atoms with van der Waals surface area (Å²) in [5, 5.41) is 11.7. The molecule has 1 atom stereocenters. The highest BCUT2D eigenvalue weighted by molar-refractivity contribution is 5.96. The first-order valence-corrected chi connectivity index (χ1v) is 9.56. The van der Waals surface area contributed by atoms with Crippen LogP contribution >= 0.6 is 0 Å². The second-order valence-electron chi connectivity index (χ2n) is 7.17. The Balaban J connectivity index is 0.00000210. The van der Waals surface area contributed by atoms with E-state index in [0.717, 1.165) is 30.7 Å². The number of hydrogen-bond donors (Lipinski definition) is 1. The van der Waals surface area contributed by atoms with E-state index in [1.165, 1.54) is 23.5 Å². The predicted octanol–water partition coefficient (Wildman–Crippen LogP) is 0.658. The first-order chi connectivity index (χ1) is 12.6. The molecule has 2 aromatic rings. The van der Waals surface area contributed by atoms with Crippen LogP contribution in [0.25, 0.3) is 0 Å². The molecule has 0 saturated heterocycles. The number of aryl methyl sites for hydroxylation is 1. The third-order valence-electron chi connectivity index (χ3n) is 5.51. The van der Waals surface area contributed by atoms with Crippen LogP contribution in [-0.4, -0.2) is 35.2 Å². The van der Waals surface area contributed by atoms with Crippen LogP contribution < -0.4 is 26.6 Å². The number of para-hydroxylation sites is 1. The van der Waals surface area contributed by atoms with E-state index in [4.69, 9.17) is 4.74 Å². The number of rotatable bonds is 4. The summed E-state index contributed by atoms with van der Waals surface area (Å²) >= 11 is 0. The van der Waals surface area contributed by atoms with Crippen molar-refractivity contribution in [3.63, 3.8) is 0 Å². The number of amidine groups is 1. The van der Waals surface area contributed by atoms with Crippen molar-refractivity contribution in [1.29, 1.82) is 0 Å². The van der Waals surface area contributed by atoms with Crippen LogP contribution in [-0.2, 0) is 5.72 Å². The molecule has 144 valence electrons. The largest absolute Gasteiger partial charge is 1.00 e. The average Bonchev–Trinajstić information content (AvgIpc) is 2.97. The van der Waals surface area contributed by atoms with Crippen LogP contribution in [0.2, 0.25) is 0 Å². The van der Waals surface area contributed by atoms with Gasteiger partial charge in [0.25, 0.3) is 11.6 Å². The van der Waals surface area contributed by atoms with Crippen molar-refractivity contribution in [2.24, 2.45) is 0 Å². The standard InChI is InChI=1S/C22H27N2O2.BrH/c1-3-26-19-13-11-18(12-14-19)22(25)16-23(20-9-5-4-8-17(20)2)21-10-6-7-15-24(21)22;/h4-5,8-9,11-14,25H,3,6-7,10,15-16H2,1-2H3;1H/q+1;/p-1. The van der Waals surface area contributed by atoms with E-state index in [1.54, 1.807) is 0 Å². The van der Waals surface area contributed by atoms with E-state index in [2.05, 4.69) is 40.7 Å². The highest BCUT2D eigenvalue weighted by Gasteiger charge is 2.52. The first-order valence-electron chi connectivity index (χ1n) is 9.56. The molecule has 0 saturated carbocycles. The molecule has 0 radical (unpaired) electrons. The third-order valence-corrected chi connectivity index (χ3v) is 5.51. The van der Waals surface area contributed by atoms with Gasteiger partial charge in [0.05, 0.1) is 13.2 Å². The minimum Gasteiger partial charge on any atom is -1.00 e. The summed E-state index contributed by atoms with van der Waals surface area (Å²) in [7, 11) is 0. The lowest BCUT2D eigenvalue weighted by atomic mass is 10.0. The van der Waals surface area contributed by atoms with Crippen LogP contribution in [0.15, 0.2) is 48.5 Å². The fourth-order valence-corrected chi connectivity index (χ4v) is 4.22. The molecule has 2 aliphatic heterocycles. The van der Waals surface area contributed by atoms with Crippen molar-refractivity contribution in [2.75, 3.05) is 24.6 Å². The second-order valence-corrected chi connectivity index (χ2v) is 7.17. The van der Waals surface area contributed by atoms with Crippen molar-refractivity contribution in [1.82, 2.24) is 0 Å². The molecule has 0 aliphatic carbocycles. The summed E-state index contributed by atoms with van der Waals surface area (Å²) in [4.78, 5) is 2.31. The normalized spacial score (nSPS) is 21.7. The van der Waals surface area contributed by atoms with E-state index in [0.29, 0.717) is 13.2 Å². The highest BCUT2D eigenvalue weighted by Crippen LogP contribution is 2.37. The minimum absolute atomic E-state index is 0. The second kappa shape index (κ2) is 8.03. The van der Waals surface area contributed by atoms with Gasteiger partial charge in [0.1, 0.15) is 11.4 Å². The molecule has 0 amide bonds. The number of benzene rings is 2. The maximum Gasteiger partial charge on any atom is 0.271 e. The Hall–Kier alpha value is -1.85. The Morgan fingerprint density at radius 2 is 1.85 bits per heavy atom. The van der Waals surface area contributed by atoms with Gasteiger partial charge in [-0.1, -0.05) is 18.2 Å². The number of halogens is 1. The van der Waals surface area contributed by atoms with E-state index in [9.17, 15) is 5.11 Å². The molecule has 27 heavy (non-hydrogen) atoms. The van der Waals surface area contributed by atoms with Gasteiger partial charge in [-0.25, -0.2) is 9.48 Å². The first kappa shape index (κ1) is 19.9. The zero-order valence-electron chi connectivity index (χ0n) is 16.0. The smallest absolute Gasteiger partial charge is 0.271 e. The monoisotopic (exact) mass is 430 g/mol. The number of nitrogens with zero attached hydrogens (tertiary/aromatic N) is 2. The summed E-state index contributed by atoms with van der Waals surface area (Å²) in [5.74, 6) is 2.08. The molecule has 2 aliphatic rings. The summed E-state index contributed by atoms with van der Waals surface area (Å²) in [6, 6.07) is 16.3. The number of β-amino-alcohol motifs (C(OH)–C–C–N with tert-alkyl or cyclic N) is 1. The average molecular weight is 431 g/mol. The van der Waals surface area contributed by atoms with Crippen LogP contribution in [0.5, 0.6) is 5.75 Å². The molecular weight excluding hydrogens is 404 g/mol. The van der Waals surface area contributed by atoms with Crippen LogP contribution in [0.1, 0.15) is 37.3 Å². The number of anilines is 1. The van der Waals surface area contributed by atoms with E-state index in [-0.39, 0.29) is 17.0 Å². The summed E-state index contributed by atoms with van der Waals surface area (Å²) < 4.78 is 7.77. The van der Waals surface area contributed by atoms with Crippen molar-refractivity contribution in [3.05, 3.63) is 59.7 Å². The van der Waals surface area contributed by atoms with Gasteiger partial charge >= 0.3 is 0 Å². The molecule has 5 heteroatoms. The number of aliphatic hydroxyl groups is 1. The molecular formula is C22H27BrN2O2. The van der Waals surface area contributed by atoms with Gasteiger partial charge in [-0.15, -0.1) is 0 Å². The van der Waals surface area contributed by atoms with E-state index >= 15 is 0 Å². The Labute approximate surface area is 171 Å². The Morgan fingerprint density at radius 1 is 1.11 bits per heavy atom. The summed E-state index contributed by atoms with van der Waals surface area (Å²) in [5.41, 5.74) is 2.36. The van der Waals surface area contributed by atoms with Gasteiger partial charge in [0.2, 0.25) is 0 Å². The van der Waals surface area contributed by atoms with Crippen molar-refractivity contribution in [2.45, 2.75) is 38.8 Å². The van der Waals surface area contributed by atoms with Crippen LogP contribution in [0.3, 0.4) is 0 Å². The number of hydrogen-bond acceptors (Lipinski definition) is 3. The zero-order valence-corrected chi connectivity index (χ0v) is 17.6. The maximum atomic E-state index is 11.7. The quantitative estimate of drug-likeness (QED) is 0.723. The lowest BCUT2D eigenvalue weighted by Gasteiger charge is -2.24. The molecule has 4 rings (SSSR count). The fraction of sp³-hybridized carbons (Fsp3) is 0.409. The lowest BCUT2D eigenvalue weighted by Crippen LogP contribution is -3.00.